The quantitative estimate of drug-likeness (QED) is 0.536. The van der Waals surface area contributed by atoms with Gasteiger partial charge in [0.1, 0.15) is 10.8 Å². The van der Waals surface area contributed by atoms with Crippen LogP contribution in [0.4, 0.5) is 17.2 Å². The lowest BCUT2D eigenvalue weighted by molar-refractivity contribution is -0.113. The third-order valence-electron chi connectivity index (χ3n) is 5.29. The molecule has 4 rings (SSSR count). The number of nitrogens with one attached hydrogen (secondary N) is 1. The van der Waals surface area contributed by atoms with E-state index in [2.05, 4.69) is 37.2 Å². The molecule has 0 saturated carbocycles. The monoisotopic (exact) mass is 460 g/mol. The SMILES string of the molecule is COc1ccccc1N1CCN(c2nccnc2SCC(=O)Nc2ccc(C#N)cc2)CC1. The minimum Gasteiger partial charge on any atom is -0.495 e. The predicted molar refractivity (Wildman–Crippen MR) is 130 cm³/mol. The molecule has 0 unspecified atom stereocenters. The van der Waals surface area contributed by atoms with Crippen molar-refractivity contribution in [2.24, 2.45) is 0 Å². The van der Waals surface area contributed by atoms with Crippen LogP contribution in [-0.2, 0) is 4.79 Å². The number of thioether (sulfide) groups is 1. The highest BCUT2D eigenvalue weighted by Gasteiger charge is 2.23. The summed E-state index contributed by atoms with van der Waals surface area (Å²) < 4.78 is 5.50. The molecule has 2 heterocycles. The highest BCUT2D eigenvalue weighted by molar-refractivity contribution is 8.00. The van der Waals surface area contributed by atoms with E-state index in [0.29, 0.717) is 11.3 Å². The molecule has 1 N–H and O–H groups in total. The molecule has 3 aromatic rings. The minimum absolute atomic E-state index is 0.137. The Morgan fingerprint density at radius 3 is 2.48 bits per heavy atom. The summed E-state index contributed by atoms with van der Waals surface area (Å²) in [5.74, 6) is 1.75. The summed E-state index contributed by atoms with van der Waals surface area (Å²) in [5.41, 5.74) is 2.30. The fourth-order valence-electron chi connectivity index (χ4n) is 3.65. The zero-order chi connectivity index (χ0) is 23.0. The van der Waals surface area contributed by atoms with E-state index >= 15 is 0 Å². The van der Waals surface area contributed by atoms with Crippen molar-refractivity contribution in [3.63, 3.8) is 0 Å². The van der Waals surface area contributed by atoms with Gasteiger partial charge in [-0.25, -0.2) is 9.97 Å². The molecular formula is C24H24N6O2S. The van der Waals surface area contributed by atoms with Crippen molar-refractivity contribution < 1.29 is 9.53 Å². The second kappa shape index (κ2) is 10.7. The summed E-state index contributed by atoms with van der Waals surface area (Å²) >= 11 is 1.37. The Morgan fingerprint density at radius 1 is 1.06 bits per heavy atom. The molecule has 0 radical (unpaired) electrons. The molecule has 1 aliphatic rings. The molecule has 0 atom stereocenters. The van der Waals surface area contributed by atoms with Crippen molar-refractivity contribution in [2.45, 2.75) is 5.03 Å². The minimum atomic E-state index is -0.137. The first-order valence-electron chi connectivity index (χ1n) is 10.5. The largest absolute Gasteiger partial charge is 0.495 e. The van der Waals surface area contributed by atoms with Crippen LogP contribution in [0.5, 0.6) is 5.75 Å². The maximum atomic E-state index is 12.4. The fraction of sp³-hybridized carbons (Fsp3) is 0.250. The van der Waals surface area contributed by atoms with Gasteiger partial charge in [-0.15, -0.1) is 0 Å². The zero-order valence-electron chi connectivity index (χ0n) is 18.3. The number of anilines is 3. The van der Waals surface area contributed by atoms with Crippen LogP contribution in [0.1, 0.15) is 5.56 Å². The molecule has 1 fully saturated rings. The number of carbonyl (C=O) groups is 1. The van der Waals surface area contributed by atoms with E-state index < -0.39 is 0 Å². The average molecular weight is 461 g/mol. The summed E-state index contributed by atoms with van der Waals surface area (Å²) in [6.45, 7) is 3.25. The number of benzene rings is 2. The van der Waals surface area contributed by atoms with Crippen LogP contribution < -0.4 is 19.9 Å². The number of amides is 1. The van der Waals surface area contributed by atoms with Crippen molar-refractivity contribution in [1.29, 1.82) is 5.26 Å². The Balaban J connectivity index is 1.36. The standard InChI is InChI=1S/C24H24N6O2S/c1-32-21-5-3-2-4-20(21)29-12-14-30(15-13-29)23-24(27-11-10-26-23)33-17-22(31)28-19-8-6-18(16-25)7-9-19/h2-11H,12-15,17H2,1H3,(H,28,31). The van der Waals surface area contributed by atoms with Crippen molar-refractivity contribution in [1.82, 2.24) is 9.97 Å². The van der Waals surface area contributed by atoms with E-state index in [4.69, 9.17) is 10.00 Å². The first-order valence-corrected chi connectivity index (χ1v) is 11.5. The van der Waals surface area contributed by atoms with Gasteiger partial charge in [-0.05, 0) is 36.4 Å². The van der Waals surface area contributed by atoms with Crippen LogP contribution in [0.3, 0.4) is 0 Å². The van der Waals surface area contributed by atoms with Gasteiger partial charge in [0.25, 0.3) is 0 Å². The molecule has 33 heavy (non-hydrogen) atoms. The molecule has 8 nitrogen and oxygen atoms in total. The van der Waals surface area contributed by atoms with Crippen LogP contribution in [0.25, 0.3) is 0 Å². The molecule has 9 heteroatoms. The predicted octanol–water partition coefficient (Wildman–Crippen LogP) is 3.41. The second-order valence-electron chi connectivity index (χ2n) is 7.36. The van der Waals surface area contributed by atoms with Crippen LogP contribution in [-0.4, -0.2) is 54.9 Å². The molecule has 0 bridgehead atoms. The summed E-state index contributed by atoms with van der Waals surface area (Å²) in [6.07, 6.45) is 3.33. The van der Waals surface area contributed by atoms with E-state index in [1.165, 1.54) is 11.8 Å². The lowest BCUT2D eigenvalue weighted by Crippen LogP contribution is -2.47. The number of piperazine rings is 1. The molecule has 1 aliphatic heterocycles. The normalized spacial score (nSPS) is 13.3. The van der Waals surface area contributed by atoms with Gasteiger partial charge in [0, 0.05) is 44.3 Å². The molecule has 0 aliphatic carbocycles. The number of nitriles is 1. The number of hydrogen-bond donors (Lipinski definition) is 1. The number of nitrogens with zero attached hydrogens (tertiary/aromatic N) is 5. The Hall–Kier alpha value is -3.77. The average Bonchev–Trinajstić information content (AvgIpc) is 2.88. The molecule has 1 aromatic heterocycles. The van der Waals surface area contributed by atoms with Crippen LogP contribution in [0, 0.1) is 11.3 Å². The lowest BCUT2D eigenvalue weighted by Gasteiger charge is -2.37. The van der Waals surface area contributed by atoms with Crippen LogP contribution in [0.15, 0.2) is 66.0 Å². The summed E-state index contributed by atoms with van der Waals surface area (Å²) in [7, 11) is 1.69. The van der Waals surface area contributed by atoms with Gasteiger partial charge in [0.15, 0.2) is 5.82 Å². The summed E-state index contributed by atoms with van der Waals surface area (Å²) in [5, 5.41) is 12.5. The zero-order valence-corrected chi connectivity index (χ0v) is 19.1. The van der Waals surface area contributed by atoms with E-state index in [9.17, 15) is 4.79 Å². The van der Waals surface area contributed by atoms with Crippen LogP contribution in [0.2, 0.25) is 0 Å². The number of ether oxygens (including phenoxy) is 1. The first-order chi connectivity index (χ1) is 16.2. The maximum absolute atomic E-state index is 12.4. The van der Waals surface area contributed by atoms with Gasteiger partial charge in [0.2, 0.25) is 5.91 Å². The number of methoxy groups -OCH3 is 1. The van der Waals surface area contributed by atoms with Gasteiger partial charge in [0.05, 0.1) is 30.2 Å². The first kappa shape index (κ1) is 22.4. The van der Waals surface area contributed by atoms with Crippen molar-refractivity contribution >= 4 is 34.9 Å². The van der Waals surface area contributed by atoms with E-state index in [1.54, 1.807) is 43.8 Å². The number of rotatable bonds is 7. The summed E-state index contributed by atoms with van der Waals surface area (Å²) in [6, 6.07) is 16.9. The summed E-state index contributed by atoms with van der Waals surface area (Å²) in [4.78, 5) is 25.9. The Bertz CT molecular complexity index is 1140. The smallest absolute Gasteiger partial charge is 0.234 e. The number of carbonyl (C=O) groups excluding carboxylic acids is 1. The fourth-order valence-corrected chi connectivity index (χ4v) is 4.43. The van der Waals surface area contributed by atoms with E-state index in [-0.39, 0.29) is 11.7 Å². The van der Waals surface area contributed by atoms with Gasteiger partial charge in [-0.1, -0.05) is 23.9 Å². The Labute approximate surface area is 197 Å². The van der Waals surface area contributed by atoms with E-state index in [1.807, 2.05) is 18.2 Å². The molecule has 168 valence electrons. The number of hydrogen-bond acceptors (Lipinski definition) is 8. The molecule has 0 spiro atoms. The number of aromatic nitrogens is 2. The third-order valence-corrected chi connectivity index (χ3v) is 6.26. The van der Waals surface area contributed by atoms with Gasteiger partial charge >= 0.3 is 0 Å². The van der Waals surface area contributed by atoms with E-state index in [0.717, 1.165) is 48.5 Å². The Kier molecular flexibility index (Phi) is 7.27. The lowest BCUT2D eigenvalue weighted by atomic mass is 10.2. The second-order valence-corrected chi connectivity index (χ2v) is 8.32. The molecule has 1 saturated heterocycles. The number of para-hydroxylation sites is 2. The van der Waals surface area contributed by atoms with Crippen molar-refractivity contribution in [3.8, 4) is 11.8 Å². The maximum Gasteiger partial charge on any atom is 0.234 e. The Morgan fingerprint density at radius 2 is 1.76 bits per heavy atom. The van der Waals surface area contributed by atoms with Gasteiger partial charge in [-0.3, -0.25) is 4.79 Å². The van der Waals surface area contributed by atoms with Gasteiger partial charge in [-0.2, -0.15) is 5.26 Å². The van der Waals surface area contributed by atoms with Crippen LogP contribution >= 0.6 is 11.8 Å². The highest BCUT2D eigenvalue weighted by Crippen LogP contribution is 2.31. The van der Waals surface area contributed by atoms with Gasteiger partial charge < -0.3 is 19.9 Å². The molecular weight excluding hydrogens is 436 g/mol. The third kappa shape index (κ3) is 5.54. The topological polar surface area (TPSA) is 94.4 Å². The highest BCUT2D eigenvalue weighted by atomic mass is 32.2. The molecule has 2 aromatic carbocycles. The molecule has 1 amide bonds. The van der Waals surface area contributed by atoms with Crippen molar-refractivity contribution in [3.05, 3.63) is 66.5 Å². The van der Waals surface area contributed by atoms with Crippen molar-refractivity contribution in [2.75, 3.05) is 54.2 Å².